The Labute approximate surface area is 98.9 Å². The molecule has 3 heteroatoms. The lowest BCUT2D eigenvalue weighted by atomic mass is 10.0. The molecule has 1 aliphatic carbocycles. The van der Waals surface area contributed by atoms with Gasteiger partial charge >= 0.3 is 5.97 Å². The van der Waals surface area contributed by atoms with Crippen molar-refractivity contribution in [2.45, 2.75) is 58.4 Å². The summed E-state index contributed by atoms with van der Waals surface area (Å²) in [5.74, 6) is 0.451. The van der Waals surface area contributed by atoms with E-state index in [9.17, 15) is 4.79 Å². The summed E-state index contributed by atoms with van der Waals surface area (Å²) < 4.78 is 5.27. The van der Waals surface area contributed by atoms with Crippen LogP contribution in [0.2, 0.25) is 0 Å². The molecule has 0 heterocycles. The summed E-state index contributed by atoms with van der Waals surface area (Å²) >= 11 is 0. The summed E-state index contributed by atoms with van der Waals surface area (Å²) in [6.07, 6.45) is 7.15. The second kappa shape index (κ2) is 7.66. The van der Waals surface area contributed by atoms with Crippen molar-refractivity contribution in [3.8, 4) is 0 Å². The summed E-state index contributed by atoms with van der Waals surface area (Å²) in [5, 5.41) is 3.17. The average molecular weight is 227 g/mol. The fourth-order valence-corrected chi connectivity index (χ4v) is 1.68. The van der Waals surface area contributed by atoms with Gasteiger partial charge in [-0.3, -0.25) is 4.79 Å². The van der Waals surface area contributed by atoms with Crippen LogP contribution >= 0.6 is 0 Å². The van der Waals surface area contributed by atoms with Crippen molar-refractivity contribution in [1.29, 1.82) is 0 Å². The molecule has 0 aromatic carbocycles. The standard InChI is InChI=1S/C13H25NO2/c1-3-5-6-11(4-2)10-16-13(15)9-14-12-7-8-12/h11-12,14H,3-10H2,1-2H3. The number of rotatable bonds is 9. The van der Waals surface area contributed by atoms with Crippen LogP contribution in [0.5, 0.6) is 0 Å². The highest BCUT2D eigenvalue weighted by Gasteiger charge is 2.21. The number of carbonyl (C=O) groups is 1. The highest BCUT2D eigenvalue weighted by atomic mass is 16.5. The second-order valence-electron chi connectivity index (χ2n) is 4.75. The molecule has 0 saturated heterocycles. The Hall–Kier alpha value is -0.570. The molecule has 0 aromatic rings. The molecular formula is C13H25NO2. The van der Waals surface area contributed by atoms with Gasteiger partial charge in [0, 0.05) is 6.04 Å². The Morgan fingerprint density at radius 2 is 2.19 bits per heavy atom. The monoisotopic (exact) mass is 227 g/mol. The number of esters is 1. The van der Waals surface area contributed by atoms with E-state index < -0.39 is 0 Å². The van der Waals surface area contributed by atoms with E-state index in [1.165, 1.54) is 32.1 Å². The Kier molecular flexibility index (Phi) is 6.46. The lowest BCUT2D eigenvalue weighted by Crippen LogP contribution is -2.27. The molecule has 0 radical (unpaired) electrons. The van der Waals surface area contributed by atoms with Crippen molar-refractivity contribution in [2.24, 2.45) is 5.92 Å². The first-order valence-electron chi connectivity index (χ1n) is 6.65. The first kappa shape index (κ1) is 13.5. The van der Waals surface area contributed by atoms with Crippen molar-refractivity contribution in [3.63, 3.8) is 0 Å². The predicted octanol–water partition coefficient (Wildman–Crippen LogP) is 2.50. The Bertz CT molecular complexity index is 202. The Balaban J connectivity index is 2.02. The number of ether oxygens (including phenoxy) is 1. The third-order valence-corrected chi connectivity index (χ3v) is 3.14. The van der Waals surface area contributed by atoms with Gasteiger partial charge in [0.15, 0.2) is 0 Å². The van der Waals surface area contributed by atoms with E-state index in [0.717, 1.165) is 6.42 Å². The zero-order valence-electron chi connectivity index (χ0n) is 10.6. The summed E-state index contributed by atoms with van der Waals surface area (Å²) in [6, 6.07) is 0.578. The maximum Gasteiger partial charge on any atom is 0.319 e. The molecule has 16 heavy (non-hydrogen) atoms. The molecule has 1 atom stereocenters. The third-order valence-electron chi connectivity index (χ3n) is 3.14. The molecule has 0 spiro atoms. The molecule has 94 valence electrons. The van der Waals surface area contributed by atoms with Crippen molar-refractivity contribution in [1.82, 2.24) is 5.32 Å². The number of carbonyl (C=O) groups excluding carboxylic acids is 1. The van der Waals surface area contributed by atoms with Crippen LogP contribution in [0.4, 0.5) is 0 Å². The third kappa shape index (κ3) is 6.11. The first-order valence-corrected chi connectivity index (χ1v) is 6.65. The van der Waals surface area contributed by atoms with Gasteiger partial charge in [0.05, 0.1) is 13.2 Å². The molecule has 1 N–H and O–H groups in total. The fourth-order valence-electron chi connectivity index (χ4n) is 1.68. The normalized spacial score (nSPS) is 17.1. The van der Waals surface area contributed by atoms with Crippen LogP contribution in [-0.2, 0) is 9.53 Å². The van der Waals surface area contributed by atoms with Crippen molar-refractivity contribution < 1.29 is 9.53 Å². The Morgan fingerprint density at radius 1 is 1.44 bits per heavy atom. The number of nitrogens with one attached hydrogen (secondary N) is 1. The van der Waals surface area contributed by atoms with Gasteiger partial charge < -0.3 is 10.1 Å². The first-order chi connectivity index (χ1) is 7.76. The highest BCUT2D eigenvalue weighted by Crippen LogP contribution is 2.18. The van der Waals surface area contributed by atoms with Crippen LogP contribution in [0.25, 0.3) is 0 Å². The van der Waals surface area contributed by atoms with Crippen LogP contribution in [0, 0.1) is 5.92 Å². The molecule has 0 amide bonds. The van der Waals surface area contributed by atoms with Crippen molar-refractivity contribution in [3.05, 3.63) is 0 Å². The van der Waals surface area contributed by atoms with Crippen LogP contribution in [0.15, 0.2) is 0 Å². The molecule has 0 bridgehead atoms. The maximum atomic E-state index is 11.4. The van der Waals surface area contributed by atoms with E-state index >= 15 is 0 Å². The van der Waals surface area contributed by atoms with Gasteiger partial charge in [0.1, 0.15) is 0 Å². The van der Waals surface area contributed by atoms with E-state index in [1.54, 1.807) is 0 Å². The SMILES string of the molecule is CCCCC(CC)COC(=O)CNC1CC1. The Morgan fingerprint density at radius 3 is 2.75 bits per heavy atom. The molecule has 1 aliphatic rings. The van der Waals surface area contributed by atoms with Gasteiger partial charge in [0.25, 0.3) is 0 Å². The predicted molar refractivity (Wildman–Crippen MR) is 65.3 cm³/mol. The molecular weight excluding hydrogens is 202 g/mol. The van der Waals surface area contributed by atoms with Crippen LogP contribution < -0.4 is 5.32 Å². The molecule has 0 aromatic heterocycles. The molecule has 1 rings (SSSR count). The second-order valence-corrected chi connectivity index (χ2v) is 4.75. The molecule has 1 unspecified atom stereocenters. The summed E-state index contributed by atoms with van der Waals surface area (Å²) in [6.45, 7) is 5.34. The van der Waals surface area contributed by atoms with Gasteiger partial charge in [-0.15, -0.1) is 0 Å². The van der Waals surface area contributed by atoms with Gasteiger partial charge in [0.2, 0.25) is 0 Å². The lowest BCUT2D eigenvalue weighted by Gasteiger charge is -2.14. The number of unbranched alkanes of at least 4 members (excludes halogenated alkanes) is 1. The molecule has 1 fully saturated rings. The largest absolute Gasteiger partial charge is 0.464 e. The zero-order chi connectivity index (χ0) is 11.8. The quantitative estimate of drug-likeness (QED) is 0.615. The van der Waals surface area contributed by atoms with E-state index in [2.05, 4.69) is 19.2 Å². The summed E-state index contributed by atoms with van der Waals surface area (Å²) in [4.78, 5) is 11.4. The highest BCUT2D eigenvalue weighted by molar-refractivity contribution is 5.71. The molecule has 3 nitrogen and oxygen atoms in total. The fraction of sp³-hybridized carbons (Fsp3) is 0.923. The van der Waals surface area contributed by atoms with Crippen LogP contribution in [0.3, 0.4) is 0 Å². The minimum Gasteiger partial charge on any atom is -0.464 e. The van der Waals surface area contributed by atoms with Crippen LogP contribution in [0.1, 0.15) is 52.4 Å². The van der Waals surface area contributed by atoms with E-state index in [0.29, 0.717) is 25.1 Å². The minimum absolute atomic E-state index is 0.0955. The van der Waals surface area contributed by atoms with Gasteiger partial charge in [-0.05, 0) is 25.2 Å². The topological polar surface area (TPSA) is 38.3 Å². The van der Waals surface area contributed by atoms with Crippen LogP contribution in [-0.4, -0.2) is 25.2 Å². The van der Waals surface area contributed by atoms with E-state index in [-0.39, 0.29) is 5.97 Å². The van der Waals surface area contributed by atoms with E-state index in [4.69, 9.17) is 4.74 Å². The molecule has 0 aliphatic heterocycles. The lowest BCUT2D eigenvalue weighted by molar-refractivity contribution is -0.144. The number of hydrogen-bond donors (Lipinski definition) is 1. The maximum absolute atomic E-state index is 11.4. The smallest absolute Gasteiger partial charge is 0.319 e. The van der Waals surface area contributed by atoms with E-state index in [1.807, 2.05) is 0 Å². The molecule has 1 saturated carbocycles. The minimum atomic E-state index is -0.0955. The van der Waals surface area contributed by atoms with Gasteiger partial charge in [-0.25, -0.2) is 0 Å². The zero-order valence-corrected chi connectivity index (χ0v) is 10.6. The average Bonchev–Trinajstić information content (AvgIpc) is 3.10. The van der Waals surface area contributed by atoms with Crippen molar-refractivity contribution >= 4 is 5.97 Å². The van der Waals surface area contributed by atoms with Gasteiger partial charge in [-0.1, -0.05) is 33.1 Å². The van der Waals surface area contributed by atoms with Gasteiger partial charge in [-0.2, -0.15) is 0 Å². The summed E-state index contributed by atoms with van der Waals surface area (Å²) in [7, 11) is 0. The van der Waals surface area contributed by atoms with Crippen molar-refractivity contribution in [2.75, 3.05) is 13.2 Å². The number of hydrogen-bond acceptors (Lipinski definition) is 3. The summed E-state index contributed by atoms with van der Waals surface area (Å²) in [5.41, 5.74) is 0.